The van der Waals surface area contributed by atoms with Gasteiger partial charge in [-0.05, 0) is 19.7 Å². The Labute approximate surface area is 104 Å². The Balaban J connectivity index is 3.07. The molecule has 6 heteroatoms. The lowest BCUT2D eigenvalue weighted by Gasteiger charge is -2.27. The molecular weight excluding hydrogens is 245 g/mol. The van der Waals surface area contributed by atoms with Gasteiger partial charge in [-0.1, -0.05) is 25.1 Å². The molecule has 1 rings (SSSR count). The summed E-state index contributed by atoms with van der Waals surface area (Å²) < 4.78 is 40.9. The average Bonchev–Trinajstić information content (AvgIpc) is 2.30. The summed E-state index contributed by atoms with van der Waals surface area (Å²) >= 11 is 0. The molecule has 0 aliphatic heterocycles. The van der Waals surface area contributed by atoms with Gasteiger partial charge in [-0.2, -0.15) is 0 Å². The molecule has 18 heavy (non-hydrogen) atoms. The molecule has 0 aliphatic carbocycles. The van der Waals surface area contributed by atoms with Crippen molar-refractivity contribution >= 4 is 0 Å². The van der Waals surface area contributed by atoms with Crippen LogP contribution in [0, 0.1) is 0 Å². The minimum Gasteiger partial charge on any atom is -0.405 e. The van der Waals surface area contributed by atoms with Crippen molar-refractivity contribution in [1.29, 1.82) is 0 Å². The van der Waals surface area contributed by atoms with Gasteiger partial charge in [-0.25, -0.2) is 0 Å². The molecule has 2 N–H and O–H groups in total. The SMILES string of the molecule is CCN(C)C(CN)c1ccccc1OC(F)(F)F. The van der Waals surface area contributed by atoms with Crippen molar-refractivity contribution < 1.29 is 17.9 Å². The van der Waals surface area contributed by atoms with Crippen molar-refractivity contribution in [2.24, 2.45) is 5.73 Å². The second-order valence-corrected chi connectivity index (χ2v) is 3.91. The number of benzene rings is 1. The highest BCUT2D eigenvalue weighted by Crippen LogP contribution is 2.31. The zero-order chi connectivity index (χ0) is 13.8. The topological polar surface area (TPSA) is 38.5 Å². The monoisotopic (exact) mass is 262 g/mol. The lowest BCUT2D eigenvalue weighted by Crippen LogP contribution is -2.31. The Bertz CT molecular complexity index is 382. The zero-order valence-electron chi connectivity index (χ0n) is 10.4. The Kier molecular flexibility index (Phi) is 4.98. The van der Waals surface area contributed by atoms with E-state index in [0.29, 0.717) is 12.1 Å². The van der Waals surface area contributed by atoms with Gasteiger partial charge in [-0.3, -0.25) is 4.90 Å². The van der Waals surface area contributed by atoms with Crippen LogP contribution in [0.4, 0.5) is 13.2 Å². The number of hydrogen-bond donors (Lipinski definition) is 1. The van der Waals surface area contributed by atoms with Crippen LogP contribution >= 0.6 is 0 Å². The quantitative estimate of drug-likeness (QED) is 0.886. The molecule has 0 radical (unpaired) electrons. The molecule has 1 aromatic rings. The van der Waals surface area contributed by atoms with E-state index in [2.05, 4.69) is 4.74 Å². The number of rotatable bonds is 5. The predicted octanol–water partition coefficient (Wildman–Crippen LogP) is 2.54. The number of para-hydroxylation sites is 1. The molecular formula is C12H17F3N2O. The van der Waals surface area contributed by atoms with Gasteiger partial charge in [0.1, 0.15) is 5.75 Å². The molecule has 0 spiro atoms. The molecule has 0 bridgehead atoms. The lowest BCUT2D eigenvalue weighted by molar-refractivity contribution is -0.275. The van der Waals surface area contributed by atoms with Crippen LogP contribution in [-0.4, -0.2) is 31.4 Å². The molecule has 0 fully saturated rings. The molecule has 0 amide bonds. The molecule has 1 atom stereocenters. The first-order chi connectivity index (χ1) is 8.39. The van der Waals surface area contributed by atoms with Crippen LogP contribution in [0.3, 0.4) is 0 Å². The van der Waals surface area contributed by atoms with Crippen LogP contribution in [0.2, 0.25) is 0 Å². The smallest absolute Gasteiger partial charge is 0.405 e. The van der Waals surface area contributed by atoms with E-state index in [0.717, 1.165) is 0 Å². The maximum Gasteiger partial charge on any atom is 0.573 e. The van der Waals surface area contributed by atoms with Gasteiger partial charge in [0.25, 0.3) is 0 Å². The summed E-state index contributed by atoms with van der Waals surface area (Å²) in [6.45, 7) is 2.82. The fourth-order valence-electron chi connectivity index (χ4n) is 1.74. The number of hydrogen-bond acceptors (Lipinski definition) is 3. The summed E-state index contributed by atoms with van der Waals surface area (Å²) in [4.78, 5) is 1.87. The summed E-state index contributed by atoms with van der Waals surface area (Å²) in [5.41, 5.74) is 6.08. The van der Waals surface area contributed by atoms with Gasteiger partial charge in [-0.15, -0.1) is 13.2 Å². The van der Waals surface area contributed by atoms with Crippen molar-refractivity contribution in [2.75, 3.05) is 20.1 Å². The molecule has 0 aliphatic rings. The number of halogens is 3. The average molecular weight is 262 g/mol. The van der Waals surface area contributed by atoms with Crippen molar-refractivity contribution in [3.8, 4) is 5.75 Å². The molecule has 102 valence electrons. The molecule has 0 aromatic heterocycles. The first kappa shape index (κ1) is 14.8. The summed E-state index contributed by atoms with van der Waals surface area (Å²) in [6.07, 6.45) is -4.69. The van der Waals surface area contributed by atoms with E-state index in [-0.39, 0.29) is 18.3 Å². The van der Waals surface area contributed by atoms with Gasteiger partial charge < -0.3 is 10.5 Å². The molecule has 1 aromatic carbocycles. The highest BCUT2D eigenvalue weighted by Gasteiger charge is 2.33. The summed E-state index contributed by atoms with van der Waals surface area (Å²) in [7, 11) is 1.81. The van der Waals surface area contributed by atoms with E-state index in [1.165, 1.54) is 12.1 Å². The fraction of sp³-hybridized carbons (Fsp3) is 0.500. The van der Waals surface area contributed by atoms with Gasteiger partial charge >= 0.3 is 6.36 Å². The third kappa shape index (κ3) is 3.89. The maximum atomic E-state index is 12.3. The van der Waals surface area contributed by atoms with Crippen molar-refractivity contribution in [3.63, 3.8) is 0 Å². The summed E-state index contributed by atoms with van der Waals surface area (Å²) in [6, 6.07) is 5.78. The van der Waals surface area contributed by atoms with Gasteiger partial charge in [0, 0.05) is 12.1 Å². The third-order valence-corrected chi connectivity index (χ3v) is 2.76. The van der Waals surface area contributed by atoms with Crippen LogP contribution in [0.1, 0.15) is 18.5 Å². The fourth-order valence-corrected chi connectivity index (χ4v) is 1.74. The lowest BCUT2D eigenvalue weighted by atomic mass is 10.0. The zero-order valence-corrected chi connectivity index (χ0v) is 10.4. The highest BCUT2D eigenvalue weighted by molar-refractivity contribution is 5.36. The normalized spacial score (nSPS) is 13.7. The first-order valence-corrected chi connectivity index (χ1v) is 5.64. The van der Waals surface area contributed by atoms with Gasteiger partial charge in [0.15, 0.2) is 0 Å². The van der Waals surface area contributed by atoms with Crippen molar-refractivity contribution in [1.82, 2.24) is 4.90 Å². The van der Waals surface area contributed by atoms with Crippen LogP contribution < -0.4 is 10.5 Å². The van der Waals surface area contributed by atoms with E-state index in [4.69, 9.17) is 5.73 Å². The van der Waals surface area contributed by atoms with Crippen LogP contribution in [0.25, 0.3) is 0 Å². The van der Waals surface area contributed by atoms with E-state index in [1.54, 1.807) is 12.1 Å². The molecule has 1 unspecified atom stereocenters. The largest absolute Gasteiger partial charge is 0.573 e. The first-order valence-electron chi connectivity index (χ1n) is 5.64. The molecule has 0 saturated heterocycles. The van der Waals surface area contributed by atoms with Crippen molar-refractivity contribution in [3.05, 3.63) is 29.8 Å². The van der Waals surface area contributed by atoms with Crippen LogP contribution in [0.15, 0.2) is 24.3 Å². The second kappa shape index (κ2) is 6.06. The Morgan fingerprint density at radius 1 is 1.33 bits per heavy atom. The van der Waals surface area contributed by atoms with Gasteiger partial charge in [0.05, 0.1) is 6.04 Å². The van der Waals surface area contributed by atoms with Crippen molar-refractivity contribution in [2.45, 2.75) is 19.3 Å². The van der Waals surface area contributed by atoms with E-state index in [9.17, 15) is 13.2 Å². The maximum absolute atomic E-state index is 12.3. The minimum absolute atomic E-state index is 0.194. The van der Waals surface area contributed by atoms with E-state index < -0.39 is 6.36 Å². The molecule has 0 saturated carbocycles. The van der Waals surface area contributed by atoms with Crippen LogP contribution in [-0.2, 0) is 0 Å². The Morgan fingerprint density at radius 3 is 2.44 bits per heavy atom. The third-order valence-electron chi connectivity index (χ3n) is 2.76. The molecule has 3 nitrogen and oxygen atoms in total. The Morgan fingerprint density at radius 2 is 1.94 bits per heavy atom. The number of nitrogens with two attached hydrogens (primary N) is 1. The number of likely N-dealkylation sites (N-methyl/N-ethyl adjacent to an activating group) is 1. The standard InChI is InChI=1S/C12H17F3N2O/c1-3-17(2)10(8-16)9-6-4-5-7-11(9)18-12(13,14)15/h4-7,10H,3,8,16H2,1-2H3. The second-order valence-electron chi connectivity index (χ2n) is 3.91. The number of alkyl halides is 3. The Hall–Kier alpha value is -1.27. The minimum atomic E-state index is -4.69. The summed E-state index contributed by atoms with van der Waals surface area (Å²) in [5, 5.41) is 0. The number of ether oxygens (including phenoxy) is 1. The van der Waals surface area contributed by atoms with Crippen LogP contribution in [0.5, 0.6) is 5.75 Å². The van der Waals surface area contributed by atoms with E-state index in [1.807, 2.05) is 18.9 Å². The summed E-state index contributed by atoms with van der Waals surface area (Å²) in [5.74, 6) is -0.194. The van der Waals surface area contributed by atoms with Gasteiger partial charge in [0.2, 0.25) is 0 Å². The molecule has 0 heterocycles. The highest BCUT2D eigenvalue weighted by atomic mass is 19.4. The predicted molar refractivity (Wildman–Crippen MR) is 63.2 cm³/mol. The number of nitrogens with zero attached hydrogens (tertiary/aromatic N) is 1. The van der Waals surface area contributed by atoms with E-state index >= 15 is 0 Å².